The van der Waals surface area contributed by atoms with Crippen LogP contribution in [0.5, 0.6) is 0 Å². The van der Waals surface area contributed by atoms with Gasteiger partial charge in [-0.3, -0.25) is 0 Å². The zero-order valence-electron chi connectivity index (χ0n) is 11.6. The highest BCUT2D eigenvalue weighted by molar-refractivity contribution is 5.25. The largest absolute Gasteiger partial charge is 0.330 e. The van der Waals surface area contributed by atoms with E-state index in [0.717, 1.165) is 13.1 Å². The maximum absolute atomic E-state index is 6.02. The SMILES string of the molecule is CCN(CC(C)(CN)c1ccccc1)C(C)C. The van der Waals surface area contributed by atoms with Crippen LogP contribution in [-0.4, -0.2) is 30.6 Å². The van der Waals surface area contributed by atoms with Crippen molar-refractivity contribution in [2.45, 2.75) is 39.2 Å². The minimum Gasteiger partial charge on any atom is -0.330 e. The second-order valence-corrected chi connectivity index (χ2v) is 5.29. The first-order chi connectivity index (χ1) is 8.03. The molecule has 2 heteroatoms. The molecular formula is C15H26N2. The number of hydrogen-bond acceptors (Lipinski definition) is 2. The van der Waals surface area contributed by atoms with Crippen molar-refractivity contribution in [1.82, 2.24) is 4.90 Å². The molecule has 0 radical (unpaired) electrons. The van der Waals surface area contributed by atoms with Crippen LogP contribution in [0, 0.1) is 0 Å². The fraction of sp³-hybridized carbons (Fsp3) is 0.600. The summed E-state index contributed by atoms with van der Waals surface area (Å²) in [7, 11) is 0. The second kappa shape index (κ2) is 6.18. The monoisotopic (exact) mass is 234 g/mol. The fourth-order valence-electron chi connectivity index (χ4n) is 2.22. The quantitative estimate of drug-likeness (QED) is 0.820. The van der Waals surface area contributed by atoms with E-state index in [-0.39, 0.29) is 5.41 Å². The lowest BCUT2D eigenvalue weighted by Gasteiger charge is -2.36. The van der Waals surface area contributed by atoms with E-state index in [1.165, 1.54) is 5.56 Å². The predicted octanol–water partition coefficient (Wildman–Crippen LogP) is 2.63. The highest BCUT2D eigenvalue weighted by Gasteiger charge is 2.27. The predicted molar refractivity (Wildman–Crippen MR) is 75.2 cm³/mol. The Bertz CT molecular complexity index is 321. The third kappa shape index (κ3) is 3.55. The summed E-state index contributed by atoms with van der Waals surface area (Å²) in [6, 6.07) is 11.2. The third-order valence-electron chi connectivity index (χ3n) is 3.61. The maximum Gasteiger partial charge on any atom is 0.0174 e. The van der Waals surface area contributed by atoms with Gasteiger partial charge in [0.2, 0.25) is 0 Å². The molecule has 1 atom stereocenters. The molecule has 1 unspecified atom stereocenters. The topological polar surface area (TPSA) is 29.3 Å². The standard InChI is InChI=1S/C15H26N2/c1-5-17(13(2)3)12-15(4,11-16)14-9-7-6-8-10-14/h6-10,13H,5,11-12,16H2,1-4H3. The highest BCUT2D eigenvalue weighted by atomic mass is 15.1. The second-order valence-electron chi connectivity index (χ2n) is 5.29. The molecule has 0 saturated heterocycles. The van der Waals surface area contributed by atoms with E-state index in [9.17, 15) is 0 Å². The molecule has 1 aromatic carbocycles. The summed E-state index contributed by atoms with van der Waals surface area (Å²) in [5.41, 5.74) is 7.39. The molecule has 0 aromatic heterocycles. The minimum atomic E-state index is 0.0432. The van der Waals surface area contributed by atoms with Gasteiger partial charge < -0.3 is 10.6 Å². The summed E-state index contributed by atoms with van der Waals surface area (Å²) < 4.78 is 0. The average Bonchev–Trinajstić information content (AvgIpc) is 2.36. The first-order valence-electron chi connectivity index (χ1n) is 6.53. The Kier molecular flexibility index (Phi) is 5.16. The van der Waals surface area contributed by atoms with Gasteiger partial charge in [-0.25, -0.2) is 0 Å². The van der Waals surface area contributed by atoms with Gasteiger partial charge in [-0.2, -0.15) is 0 Å². The van der Waals surface area contributed by atoms with Gasteiger partial charge in [0.1, 0.15) is 0 Å². The van der Waals surface area contributed by atoms with Crippen molar-refractivity contribution in [2.24, 2.45) is 5.73 Å². The Morgan fingerprint density at radius 3 is 2.24 bits per heavy atom. The molecule has 1 rings (SSSR count). The van der Waals surface area contributed by atoms with Gasteiger partial charge in [0.25, 0.3) is 0 Å². The molecule has 17 heavy (non-hydrogen) atoms. The Morgan fingerprint density at radius 1 is 1.24 bits per heavy atom. The molecular weight excluding hydrogens is 208 g/mol. The molecule has 96 valence electrons. The number of hydrogen-bond donors (Lipinski definition) is 1. The van der Waals surface area contributed by atoms with Gasteiger partial charge in [-0.05, 0) is 26.0 Å². The molecule has 2 N–H and O–H groups in total. The van der Waals surface area contributed by atoms with Crippen LogP contribution < -0.4 is 5.73 Å². The molecule has 0 aliphatic heterocycles. The van der Waals surface area contributed by atoms with Crippen LogP contribution in [0.1, 0.15) is 33.3 Å². The van der Waals surface area contributed by atoms with Crippen molar-refractivity contribution in [2.75, 3.05) is 19.6 Å². The van der Waals surface area contributed by atoms with Crippen LogP contribution in [-0.2, 0) is 5.41 Å². The lowest BCUT2D eigenvalue weighted by Crippen LogP contribution is -2.46. The Balaban J connectivity index is 2.89. The van der Waals surface area contributed by atoms with E-state index < -0.39 is 0 Å². The van der Waals surface area contributed by atoms with Gasteiger partial charge >= 0.3 is 0 Å². The molecule has 0 spiro atoms. The zero-order chi connectivity index (χ0) is 12.9. The number of benzene rings is 1. The summed E-state index contributed by atoms with van der Waals surface area (Å²) in [6.45, 7) is 11.7. The number of rotatable bonds is 6. The van der Waals surface area contributed by atoms with Crippen LogP contribution in [0.4, 0.5) is 0 Å². The number of nitrogens with zero attached hydrogens (tertiary/aromatic N) is 1. The van der Waals surface area contributed by atoms with Crippen molar-refractivity contribution in [3.05, 3.63) is 35.9 Å². The minimum absolute atomic E-state index is 0.0432. The average molecular weight is 234 g/mol. The molecule has 0 aliphatic rings. The third-order valence-corrected chi connectivity index (χ3v) is 3.61. The molecule has 2 nitrogen and oxygen atoms in total. The highest BCUT2D eigenvalue weighted by Crippen LogP contribution is 2.24. The molecule has 0 fully saturated rings. The number of nitrogens with two attached hydrogens (primary N) is 1. The smallest absolute Gasteiger partial charge is 0.0174 e. The Labute approximate surface area is 106 Å². The van der Waals surface area contributed by atoms with E-state index in [0.29, 0.717) is 12.6 Å². The van der Waals surface area contributed by atoms with Crippen molar-refractivity contribution in [3.63, 3.8) is 0 Å². The van der Waals surface area contributed by atoms with Gasteiger partial charge in [0.05, 0.1) is 0 Å². The summed E-state index contributed by atoms with van der Waals surface area (Å²) in [6.07, 6.45) is 0. The molecule has 0 saturated carbocycles. The van der Waals surface area contributed by atoms with Crippen LogP contribution in [0.25, 0.3) is 0 Å². The maximum atomic E-state index is 6.02. The lowest BCUT2D eigenvalue weighted by molar-refractivity contribution is 0.185. The first-order valence-corrected chi connectivity index (χ1v) is 6.53. The normalized spacial score (nSPS) is 15.2. The Hall–Kier alpha value is -0.860. The summed E-state index contributed by atoms with van der Waals surface area (Å²) in [5.74, 6) is 0. The van der Waals surface area contributed by atoms with Crippen LogP contribution in [0.15, 0.2) is 30.3 Å². The Morgan fingerprint density at radius 2 is 1.82 bits per heavy atom. The zero-order valence-corrected chi connectivity index (χ0v) is 11.6. The molecule has 0 amide bonds. The van der Waals surface area contributed by atoms with Crippen molar-refractivity contribution in [3.8, 4) is 0 Å². The summed E-state index contributed by atoms with van der Waals surface area (Å²) in [4.78, 5) is 2.47. The fourth-order valence-corrected chi connectivity index (χ4v) is 2.22. The van der Waals surface area contributed by atoms with Gasteiger partial charge in [0.15, 0.2) is 0 Å². The van der Waals surface area contributed by atoms with E-state index in [2.05, 4.69) is 62.9 Å². The molecule has 0 bridgehead atoms. The van der Waals surface area contributed by atoms with Crippen molar-refractivity contribution >= 4 is 0 Å². The van der Waals surface area contributed by atoms with Gasteiger partial charge in [-0.1, -0.05) is 44.2 Å². The van der Waals surface area contributed by atoms with Crippen molar-refractivity contribution < 1.29 is 0 Å². The van der Waals surface area contributed by atoms with E-state index >= 15 is 0 Å². The van der Waals surface area contributed by atoms with Crippen LogP contribution >= 0.6 is 0 Å². The molecule has 1 aromatic rings. The first kappa shape index (κ1) is 14.2. The number of likely N-dealkylation sites (N-methyl/N-ethyl adjacent to an activating group) is 1. The molecule has 0 heterocycles. The lowest BCUT2D eigenvalue weighted by atomic mass is 9.81. The van der Waals surface area contributed by atoms with Crippen molar-refractivity contribution in [1.29, 1.82) is 0 Å². The van der Waals surface area contributed by atoms with Crippen LogP contribution in [0.3, 0.4) is 0 Å². The van der Waals surface area contributed by atoms with E-state index in [1.807, 2.05) is 0 Å². The van der Waals surface area contributed by atoms with E-state index in [1.54, 1.807) is 0 Å². The van der Waals surface area contributed by atoms with Gasteiger partial charge in [0, 0.05) is 24.5 Å². The summed E-state index contributed by atoms with van der Waals surface area (Å²) >= 11 is 0. The van der Waals surface area contributed by atoms with Gasteiger partial charge in [-0.15, -0.1) is 0 Å². The van der Waals surface area contributed by atoms with E-state index in [4.69, 9.17) is 5.73 Å². The van der Waals surface area contributed by atoms with Crippen LogP contribution in [0.2, 0.25) is 0 Å². The summed E-state index contributed by atoms with van der Waals surface area (Å²) in [5, 5.41) is 0. The molecule has 0 aliphatic carbocycles.